The van der Waals surface area contributed by atoms with E-state index in [1.165, 1.54) is 30.6 Å². The van der Waals surface area contributed by atoms with Gasteiger partial charge < -0.3 is 5.73 Å². The number of hydrogen-bond donors (Lipinski definition) is 1. The maximum Gasteiger partial charge on any atom is 0.416 e. The zero-order chi connectivity index (χ0) is 12.6. The van der Waals surface area contributed by atoms with Gasteiger partial charge in [-0.05, 0) is 23.1 Å². The van der Waals surface area contributed by atoms with Crippen LogP contribution in [-0.4, -0.2) is 11.2 Å². The van der Waals surface area contributed by atoms with Gasteiger partial charge in [0.15, 0.2) is 0 Å². The molecule has 0 radical (unpaired) electrons. The number of aromatic nitrogens is 1. The van der Waals surface area contributed by atoms with E-state index in [0.29, 0.717) is 16.5 Å². The van der Waals surface area contributed by atoms with Gasteiger partial charge in [-0.3, -0.25) is 4.98 Å². The molecule has 1 aromatic heterocycles. The predicted molar refractivity (Wildman–Crippen MR) is 61.2 cm³/mol. The zero-order valence-electron chi connectivity index (χ0n) is 8.75. The van der Waals surface area contributed by atoms with E-state index in [1.807, 2.05) is 0 Å². The van der Waals surface area contributed by atoms with Gasteiger partial charge in [0.2, 0.25) is 0 Å². The van der Waals surface area contributed by atoms with Crippen LogP contribution in [0.5, 0.6) is 0 Å². The van der Waals surface area contributed by atoms with Crippen molar-refractivity contribution in [2.75, 3.05) is 5.73 Å². The number of anilines is 1. The van der Waals surface area contributed by atoms with Gasteiger partial charge in [0.1, 0.15) is 0 Å². The molecule has 0 spiro atoms. The SMILES string of the molecule is C=C(c1ccc(N)c2cnccc12)C(F)(F)F. The molecule has 2 rings (SSSR count). The van der Waals surface area contributed by atoms with Gasteiger partial charge in [-0.15, -0.1) is 0 Å². The first-order valence-electron chi connectivity index (χ1n) is 4.80. The minimum Gasteiger partial charge on any atom is -0.398 e. The maximum absolute atomic E-state index is 12.6. The molecular formula is C12H9F3N2. The maximum atomic E-state index is 12.6. The van der Waals surface area contributed by atoms with Crippen molar-refractivity contribution in [2.24, 2.45) is 0 Å². The summed E-state index contributed by atoms with van der Waals surface area (Å²) in [6, 6.07) is 4.25. The number of rotatable bonds is 1. The molecule has 0 bridgehead atoms. The van der Waals surface area contributed by atoms with Crippen LogP contribution in [0.2, 0.25) is 0 Å². The Labute approximate surface area is 95.6 Å². The van der Waals surface area contributed by atoms with Crippen molar-refractivity contribution in [2.45, 2.75) is 6.18 Å². The van der Waals surface area contributed by atoms with Crippen molar-refractivity contribution < 1.29 is 13.2 Å². The molecule has 88 valence electrons. The van der Waals surface area contributed by atoms with Gasteiger partial charge in [-0.25, -0.2) is 0 Å². The number of nitrogens with two attached hydrogens (primary N) is 1. The third-order valence-electron chi connectivity index (χ3n) is 2.52. The summed E-state index contributed by atoms with van der Waals surface area (Å²) >= 11 is 0. The van der Waals surface area contributed by atoms with Crippen LogP contribution < -0.4 is 5.73 Å². The average molecular weight is 238 g/mol. The number of pyridine rings is 1. The summed E-state index contributed by atoms with van der Waals surface area (Å²) in [5, 5.41) is 0.901. The van der Waals surface area contributed by atoms with Crippen LogP contribution in [0.15, 0.2) is 37.2 Å². The third kappa shape index (κ3) is 1.95. The summed E-state index contributed by atoms with van der Waals surface area (Å²) in [4.78, 5) is 3.85. The Morgan fingerprint density at radius 3 is 2.53 bits per heavy atom. The molecule has 0 aliphatic carbocycles. The first kappa shape index (κ1) is 11.4. The zero-order valence-corrected chi connectivity index (χ0v) is 8.75. The lowest BCUT2D eigenvalue weighted by Crippen LogP contribution is -2.10. The minimum absolute atomic E-state index is 0.0316. The summed E-state index contributed by atoms with van der Waals surface area (Å²) in [7, 11) is 0. The lowest BCUT2D eigenvalue weighted by atomic mass is 9.99. The first-order valence-corrected chi connectivity index (χ1v) is 4.80. The molecule has 0 atom stereocenters. The van der Waals surface area contributed by atoms with E-state index in [1.54, 1.807) is 0 Å². The monoisotopic (exact) mass is 238 g/mol. The lowest BCUT2D eigenvalue weighted by molar-refractivity contribution is -0.0685. The van der Waals surface area contributed by atoms with E-state index < -0.39 is 11.7 Å². The van der Waals surface area contributed by atoms with Gasteiger partial charge in [0.05, 0.1) is 5.57 Å². The van der Waals surface area contributed by atoms with Gasteiger partial charge in [0, 0.05) is 23.5 Å². The summed E-state index contributed by atoms with van der Waals surface area (Å²) in [5.41, 5.74) is 5.23. The number of halogens is 3. The first-order chi connectivity index (χ1) is 7.91. The normalized spacial score (nSPS) is 11.7. The molecule has 0 saturated carbocycles. The van der Waals surface area contributed by atoms with Crippen LogP contribution in [0.25, 0.3) is 16.3 Å². The number of hydrogen-bond acceptors (Lipinski definition) is 2. The largest absolute Gasteiger partial charge is 0.416 e. The summed E-state index contributed by atoms with van der Waals surface area (Å²) in [6.07, 6.45) is -1.58. The van der Waals surface area contributed by atoms with Crippen molar-refractivity contribution in [3.8, 4) is 0 Å². The van der Waals surface area contributed by atoms with Gasteiger partial charge in [-0.1, -0.05) is 12.6 Å². The Hall–Kier alpha value is -2.04. The van der Waals surface area contributed by atoms with Gasteiger partial charge >= 0.3 is 6.18 Å². The van der Waals surface area contributed by atoms with E-state index in [-0.39, 0.29) is 5.56 Å². The Balaban J connectivity index is 2.72. The lowest BCUT2D eigenvalue weighted by Gasteiger charge is -2.13. The molecule has 2 aromatic rings. The van der Waals surface area contributed by atoms with Crippen molar-refractivity contribution >= 4 is 22.0 Å². The Morgan fingerprint density at radius 1 is 1.18 bits per heavy atom. The number of allylic oxidation sites excluding steroid dienone is 1. The highest BCUT2D eigenvalue weighted by Crippen LogP contribution is 2.36. The molecule has 0 fully saturated rings. The highest BCUT2D eigenvalue weighted by Gasteiger charge is 2.33. The number of alkyl halides is 3. The van der Waals surface area contributed by atoms with E-state index >= 15 is 0 Å². The fourth-order valence-corrected chi connectivity index (χ4v) is 1.63. The topological polar surface area (TPSA) is 38.9 Å². The van der Waals surface area contributed by atoms with E-state index in [0.717, 1.165) is 0 Å². The predicted octanol–water partition coefficient (Wildman–Crippen LogP) is 3.39. The number of fused-ring (bicyclic) bond motifs is 1. The van der Waals surface area contributed by atoms with Crippen LogP contribution in [0.1, 0.15) is 5.56 Å². The molecule has 5 heteroatoms. The fourth-order valence-electron chi connectivity index (χ4n) is 1.63. The molecule has 17 heavy (non-hydrogen) atoms. The highest BCUT2D eigenvalue weighted by molar-refractivity contribution is 6.00. The Bertz CT molecular complexity index is 588. The molecular weight excluding hydrogens is 229 g/mol. The second-order valence-electron chi connectivity index (χ2n) is 3.60. The molecule has 1 aromatic carbocycles. The number of benzene rings is 1. The quantitative estimate of drug-likeness (QED) is 0.773. The van der Waals surface area contributed by atoms with Crippen LogP contribution >= 0.6 is 0 Å². The number of nitrogens with zero attached hydrogens (tertiary/aromatic N) is 1. The van der Waals surface area contributed by atoms with Crippen LogP contribution in [0, 0.1) is 0 Å². The molecule has 0 unspecified atom stereocenters. The summed E-state index contributed by atoms with van der Waals surface area (Å²) < 4.78 is 37.9. The molecule has 2 N–H and O–H groups in total. The fraction of sp³-hybridized carbons (Fsp3) is 0.0833. The van der Waals surface area contributed by atoms with Crippen molar-refractivity contribution in [3.63, 3.8) is 0 Å². The molecule has 0 amide bonds. The smallest absolute Gasteiger partial charge is 0.398 e. The second kappa shape index (κ2) is 3.76. The Morgan fingerprint density at radius 2 is 1.88 bits per heavy atom. The van der Waals surface area contributed by atoms with E-state index in [9.17, 15) is 13.2 Å². The summed E-state index contributed by atoms with van der Waals surface area (Å²) in [5.74, 6) is 0. The van der Waals surface area contributed by atoms with Crippen LogP contribution in [0.4, 0.5) is 18.9 Å². The van der Waals surface area contributed by atoms with Crippen molar-refractivity contribution in [3.05, 3.63) is 42.7 Å². The van der Waals surface area contributed by atoms with Gasteiger partial charge in [0.25, 0.3) is 0 Å². The molecule has 0 aliphatic rings. The van der Waals surface area contributed by atoms with Gasteiger partial charge in [-0.2, -0.15) is 13.2 Å². The van der Waals surface area contributed by atoms with Crippen molar-refractivity contribution in [1.82, 2.24) is 4.98 Å². The van der Waals surface area contributed by atoms with Crippen LogP contribution in [0.3, 0.4) is 0 Å². The van der Waals surface area contributed by atoms with E-state index in [2.05, 4.69) is 11.6 Å². The molecule has 2 nitrogen and oxygen atoms in total. The standard InChI is InChI=1S/C12H9F3N2/c1-7(12(13,14)15)8-2-3-11(16)10-6-17-5-4-9(8)10/h2-6H,1,16H2. The molecule has 0 aliphatic heterocycles. The van der Waals surface area contributed by atoms with Crippen LogP contribution in [-0.2, 0) is 0 Å². The number of nitrogen functional groups attached to an aromatic ring is 1. The molecule has 1 heterocycles. The summed E-state index contributed by atoms with van der Waals surface area (Å²) in [6.45, 7) is 3.09. The highest BCUT2D eigenvalue weighted by atomic mass is 19.4. The average Bonchev–Trinajstić information content (AvgIpc) is 2.28. The van der Waals surface area contributed by atoms with Crippen molar-refractivity contribution in [1.29, 1.82) is 0 Å². The van der Waals surface area contributed by atoms with E-state index in [4.69, 9.17) is 5.73 Å². The third-order valence-corrected chi connectivity index (χ3v) is 2.52. The molecule has 0 saturated heterocycles. The second-order valence-corrected chi connectivity index (χ2v) is 3.60. The Kier molecular flexibility index (Phi) is 2.53. The minimum atomic E-state index is -4.45.